The lowest BCUT2D eigenvalue weighted by atomic mass is 10.00. The summed E-state index contributed by atoms with van der Waals surface area (Å²) in [6.07, 6.45) is 2.39. The van der Waals surface area contributed by atoms with Crippen LogP contribution >= 0.6 is 0 Å². The van der Waals surface area contributed by atoms with E-state index in [1.165, 1.54) is 11.9 Å². The van der Waals surface area contributed by atoms with E-state index in [9.17, 15) is 0 Å². The second-order valence-corrected chi connectivity index (χ2v) is 4.40. The molecule has 0 radical (unpaired) electrons. The van der Waals surface area contributed by atoms with Crippen LogP contribution in [0.4, 0.5) is 0 Å². The minimum absolute atomic E-state index is 0.343. The zero-order valence-corrected chi connectivity index (χ0v) is 10.7. The Morgan fingerprint density at radius 3 is 3.11 bits per heavy atom. The van der Waals surface area contributed by atoms with E-state index in [4.69, 9.17) is 15.2 Å². The highest BCUT2D eigenvalue weighted by Gasteiger charge is 2.21. The van der Waals surface area contributed by atoms with Crippen molar-refractivity contribution >= 4 is 0 Å². The smallest absolute Gasteiger partial charge is 0.216 e. The standard InChI is InChI=1S/C14H15N3O2/c1-18-12-7-11(16-8-17-12)13(15)10-4-2-3-9-5-6-19-14(9)10/h2-4,7-8,13H,5-6,15H2,1H3. The molecule has 1 aromatic heterocycles. The van der Waals surface area contributed by atoms with Gasteiger partial charge in [-0.05, 0) is 5.56 Å². The fourth-order valence-corrected chi connectivity index (χ4v) is 2.28. The van der Waals surface area contributed by atoms with Gasteiger partial charge in [0.2, 0.25) is 5.88 Å². The molecule has 5 nitrogen and oxygen atoms in total. The van der Waals surface area contributed by atoms with Crippen LogP contribution in [0.3, 0.4) is 0 Å². The molecule has 5 heteroatoms. The molecular weight excluding hydrogens is 242 g/mol. The van der Waals surface area contributed by atoms with E-state index in [-0.39, 0.29) is 6.04 Å². The van der Waals surface area contributed by atoms with Crippen LogP contribution < -0.4 is 15.2 Å². The third-order valence-corrected chi connectivity index (χ3v) is 3.27. The second-order valence-electron chi connectivity index (χ2n) is 4.40. The van der Waals surface area contributed by atoms with E-state index in [2.05, 4.69) is 16.0 Å². The molecule has 0 spiro atoms. The highest BCUT2D eigenvalue weighted by Crippen LogP contribution is 2.34. The van der Waals surface area contributed by atoms with E-state index in [1.54, 1.807) is 13.2 Å². The molecule has 98 valence electrons. The van der Waals surface area contributed by atoms with Crippen molar-refractivity contribution in [2.24, 2.45) is 5.73 Å². The third kappa shape index (κ3) is 2.13. The van der Waals surface area contributed by atoms with E-state index in [0.29, 0.717) is 12.5 Å². The Kier molecular flexibility index (Phi) is 3.05. The Morgan fingerprint density at radius 2 is 2.26 bits per heavy atom. The number of nitrogens with zero attached hydrogens (tertiary/aromatic N) is 2. The molecule has 0 aliphatic carbocycles. The maximum absolute atomic E-state index is 6.29. The number of hydrogen-bond acceptors (Lipinski definition) is 5. The molecule has 0 saturated carbocycles. The molecule has 1 aromatic carbocycles. The SMILES string of the molecule is COc1cc(C(N)c2cccc3c2OCC3)ncn1. The van der Waals surface area contributed by atoms with Crippen LogP contribution in [-0.4, -0.2) is 23.7 Å². The molecule has 19 heavy (non-hydrogen) atoms. The van der Waals surface area contributed by atoms with Gasteiger partial charge in [-0.15, -0.1) is 0 Å². The minimum atomic E-state index is -0.343. The quantitative estimate of drug-likeness (QED) is 0.901. The van der Waals surface area contributed by atoms with Crippen LogP contribution in [-0.2, 0) is 6.42 Å². The highest BCUT2D eigenvalue weighted by molar-refractivity contribution is 5.47. The Labute approximate surface area is 111 Å². The van der Waals surface area contributed by atoms with Gasteiger partial charge in [-0.2, -0.15) is 0 Å². The number of fused-ring (bicyclic) bond motifs is 1. The van der Waals surface area contributed by atoms with Crippen LogP contribution in [0.25, 0.3) is 0 Å². The predicted molar refractivity (Wildman–Crippen MR) is 70.3 cm³/mol. The van der Waals surface area contributed by atoms with Crippen molar-refractivity contribution in [1.82, 2.24) is 9.97 Å². The summed E-state index contributed by atoms with van der Waals surface area (Å²) in [7, 11) is 1.57. The Morgan fingerprint density at radius 1 is 1.37 bits per heavy atom. The maximum Gasteiger partial charge on any atom is 0.216 e. The molecule has 3 rings (SSSR count). The molecule has 1 aliphatic heterocycles. The van der Waals surface area contributed by atoms with Gasteiger partial charge in [0.05, 0.1) is 25.5 Å². The van der Waals surface area contributed by atoms with Crippen molar-refractivity contribution < 1.29 is 9.47 Å². The molecule has 0 bridgehead atoms. The molecule has 2 aromatic rings. The molecule has 1 unspecified atom stereocenters. The summed E-state index contributed by atoms with van der Waals surface area (Å²) in [4.78, 5) is 8.20. The maximum atomic E-state index is 6.29. The summed E-state index contributed by atoms with van der Waals surface area (Å²) in [6, 6.07) is 7.45. The molecular formula is C14H15N3O2. The first-order chi connectivity index (χ1) is 9.29. The van der Waals surface area contributed by atoms with Crippen molar-refractivity contribution in [2.75, 3.05) is 13.7 Å². The average molecular weight is 257 g/mol. The first-order valence-corrected chi connectivity index (χ1v) is 6.15. The lowest BCUT2D eigenvalue weighted by Gasteiger charge is -2.15. The summed E-state index contributed by atoms with van der Waals surface area (Å²) in [6.45, 7) is 0.714. The molecule has 0 saturated heterocycles. The van der Waals surface area contributed by atoms with E-state index < -0.39 is 0 Å². The molecule has 1 aliphatic rings. The van der Waals surface area contributed by atoms with Crippen LogP contribution in [0.1, 0.15) is 22.9 Å². The first kappa shape index (κ1) is 11.9. The molecule has 2 heterocycles. The summed E-state index contributed by atoms with van der Waals surface area (Å²) in [5.74, 6) is 1.40. The Bertz CT molecular complexity index is 601. The summed E-state index contributed by atoms with van der Waals surface area (Å²) >= 11 is 0. The molecule has 0 amide bonds. The number of para-hydroxylation sites is 1. The van der Waals surface area contributed by atoms with Gasteiger partial charge in [-0.3, -0.25) is 0 Å². The normalized spacial score (nSPS) is 14.6. The number of aromatic nitrogens is 2. The Hall–Kier alpha value is -2.14. The largest absolute Gasteiger partial charge is 0.493 e. The first-order valence-electron chi connectivity index (χ1n) is 6.15. The summed E-state index contributed by atoms with van der Waals surface area (Å²) in [5, 5.41) is 0. The van der Waals surface area contributed by atoms with E-state index in [0.717, 1.165) is 23.4 Å². The number of benzene rings is 1. The number of ether oxygens (including phenoxy) is 2. The third-order valence-electron chi connectivity index (χ3n) is 3.27. The van der Waals surface area contributed by atoms with E-state index in [1.807, 2.05) is 12.1 Å². The van der Waals surface area contributed by atoms with Crippen molar-refractivity contribution in [3.8, 4) is 11.6 Å². The number of nitrogens with two attached hydrogens (primary N) is 1. The van der Waals surface area contributed by atoms with Crippen LogP contribution in [0.15, 0.2) is 30.6 Å². The van der Waals surface area contributed by atoms with Crippen molar-refractivity contribution in [3.63, 3.8) is 0 Å². The fraction of sp³-hybridized carbons (Fsp3) is 0.286. The zero-order valence-electron chi connectivity index (χ0n) is 10.7. The average Bonchev–Trinajstić information content (AvgIpc) is 2.95. The molecule has 1 atom stereocenters. The molecule has 0 fully saturated rings. The van der Waals surface area contributed by atoms with Crippen LogP contribution in [0.2, 0.25) is 0 Å². The number of methoxy groups -OCH3 is 1. The second kappa shape index (κ2) is 4.85. The Balaban J connectivity index is 2.00. The van der Waals surface area contributed by atoms with E-state index >= 15 is 0 Å². The van der Waals surface area contributed by atoms with Crippen molar-refractivity contribution in [1.29, 1.82) is 0 Å². The summed E-state index contributed by atoms with van der Waals surface area (Å²) < 4.78 is 10.8. The zero-order chi connectivity index (χ0) is 13.2. The van der Waals surface area contributed by atoms with Crippen molar-refractivity contribution in [3.05, 3.63) is 47.4 Å². The topological polar surface area (TPSA) is 70.3 Å². The van der Waals surface area contributed by atoms with Crippen LogP contribution in [0.5, 0.6) is 11.6 Å². The van der Waals surface area contributed by atoms with Gasteiger partial charge >= 0.3 is 0 Å². The lowest BCUT2D eigenvalue weighted by Crippen LogP contribution is -2.15. The van der Waals surface area contributed by atoms with Gasteiger partial charge in [0, 0.05) is 18.1 Å². The molecule has 2 N–H and O–H groups in total. The van der Waals surface area contributed by atoms with Gasteiger partial charge in [0.1, 0.15) is 12.1 Å². The van der Waals surface area contributed by atoms with Gasteiger partial charge < -0.3 is 15.2 Å². The van der Waals surface area contributed by atoms with Crippen LogP contribution in [0, 0.1) is 0 Å². The fourth-order valence-electron chi connectivity index (χ4n) is 2.28. The van der Waals surface area contributed by atoms with Gasteiger partial charge in [0.25, 0.3) is 0 Å². The monoisotopic (exact) mass is 257 g/mol. The number of hydrogen-bond donors (Lipinski definition) is 1. The van der Waals surface area contributed by atoms with Crippen molar-refractivity contribution in [2.45, 2.75) is 12.5 Å². The highest BCUT2D eigenvalue weighted by atomic mass is 16.5. The van der Waals surface area contributed by atoms with Gasteiger partial charge in [-0.1, -0.05) is 18.2 Å². The summed E-state index contributed by atoms with van der Waals surface area (Å²) in [5.41, 5.74) is 9.16. The number of rotatable bonds is 3. The minimum Gasteiger partial charge on any atom is -0.493 e. The van der Waals surface area contributed by atoms with Gasteiger partial charge in [-0.25, -0.2) is 9.97 Å². The van der Waals surface area contributed by atoms with Gasteiger partial charge in [0.15, 0.2) is 0 Å². The predicted octanol–water partition coefficient (Wildman–Crippen LogP) is 1.47. The lowest BCUT2D eigenvalue weighted by molar-refractivity contribution is 0.352.